The first-order chi connectivity index (χ1) is 12.2. The van der Waals surface area contributed by atoms with Crippen molar-refractivity contribution in [1.82, 2.24) is 0 Å². The Hall–Kier alpha value is -3.17. The van der Waals surface area contributed by atoms with Crippen molar-refractivity contribution in [1.29, 1.82) is 0 Å². The molecule has 0 saturated heterocycles. The molecule has 3 nitrogen and oxygen atoms in total. The van der Waals surface area contributed by atoms with Crippen LogP contribution in [0.15, 0.2) is 91.0 Å². The van der Waals surface area contributed by atoms with Gasteiger partial charge in [0.25, 0.3) is 5.79 Å². The molecule has 0 amide bonds. The van der Waals surface area contributed by atoms with Gasteiger partial charge in [0.2, 0.25) is 0 Å². The monoisotopic (exact) mass is 328 g/mol. The van der Waals surface area contributed by atoms with Gasteiger partial charge in [-0.05, 0) is 11.1 Å². The van der Waals surface area contributed by atoms with Crippen LogP contribution in [-0.2, 0) is 15.3 Å². The van der Waals surface area contributed by atoms with Gasteiger partial charge in [-0.15, -0.1) is 0 Å². The summed E-state index contributed by atoms with van der Waals surface area (Å²) in [5.74, 6) is -2.35. The van der Waals surface area contributed by atoms with E-state index in [-0.39, 0.29) is 0 Å². The van der Waals surface area contributed by atoms with Crippen LogP contribution in [0.3, 0.4) is 0 Å². The summed E-state index contributed by atoms with van der Waals surface area (Å²) in [4.78, 5) is 12.7. The average molecular weight is 328 g/mol. The highest BCUT2D eigenvalue weighted by molar-refractivity contribution is 6.28. The Morgan fingerprint density at radius 1 is 0.680 bits per heavy atom. The van der Waals surface area contributed by atoms with Gasteiger partial charge in [0, 0.05) is 5.56 Å². The zero-order chi connectivity index (χ0) is 17.3. The molecule has 0 aliphatic carbocycles. The minimum Gasteiger partial charge on any atom is -0.421 e. The van der Waals surface area contributed by atoms with Gasteiger partial charge in [0.1, 0.15) is 0 Å². The third-order valence-corrected chi connectivity index (χ3v) is 4.32. The molecule has 0 spiro atoms. The molecular formula is C22H16O3. The van der Waals surface area contributed by atoms with Crippen molar-refractivity contribution >= 4 is 17.1 Å². The van der Waals surface area contributed by atoms with Crippen LogP contribution in [-0.4, -0.2) is 11.1 Å². The smallest absolute Gasteiger partial charge is 0.342 e. The molecule has 3 aromatic carbocycles. The lowest BCUT2D eigenvalue weighted by Gasteiger charge is -2.25. The number of aliphatic hydroxyl groups is 1. The van der Waals surface area contributed by atoms with Gasteiger partial charge in [-0.25, -0.2) is 4.79 Å². The van der Waals surface area contributed by atoms with E-state index >= 15 is 0 Å². The van der Waals surface area contributed by atoms with Gasteiger partial charge < -0.3 is 9.84 Å². The molecule has 0 radical (unpaired) electrons. The van der Waals surface area contributed by atoms with Crippen LogP contribution in [0.1, 0.15) is 16.7 Å². The van der Waals surface area contributed by atoms with Crippen LogP contribution in [0.2, 0.25) is 0 Å². The van der Waals surface area contributed by atoms with E-state index in [4.69, 9.17) is 4.74 Å². The van der Waals surface area contributed by atoms with Crippen molar-refractivity contribution in [3.05, 3.63) is 108 Å². The Morgan fingerprint density at radius 3 is 1.72 bits per heavy atom. The molecule has 3 aromatic rings. The van der Waals surface area contributed by atoms with Gasteiger partial charge in [0.15, 0.2) is 0 Å². The molecule has 0 unspecified atom stereocenters. The van der Waals surface area contributed by atoms with Crippen LogP contribution in [0.25, 0.3) is 11.1 Å². The van der Waals surface area contributed by atoms with E-state index < -0.39 is 11.8 Å². The van der Waals surface area contributed by atoms with E-state index in [0.717, 1.165) is 11.1 Å². The van der Waals surface area contributed by atoms with Crippen molar-refractivity contribution in [2.24, 2.45) is 0 Å². The number of hydrogen-bond acceptors (Lipinski definition) is 3. The first kappa shape index (κ1) is 15.4. The van der Waals surface area contributed by atoms with Crippen LogP contribution in [0.5, 0.6) is 0 Å². The first-order valence-electron chi connectivity index (χ1n) is 8.07. The summed E-state index contributed by atoms with van der Waals surface area (Å²) in [5, 5.41) is 11.4. The molecule has 1 aliphatic rings. The lowest BCUT2D eigenvalue weighted by Crippen LogP contribution is -2.28. The van der Waals surface area contributed by atoms with Crippen molar-refractivity contribution in [2.45, 2.75) is 5.79 Å². The van der Waals surface area contributed by atoms with Crippen molar-refractivity contribution in [3.8, 4) is 0 Å². The van der Waals surface area contributed by atoms with Crippen molar-refractivity contribution < 1.29 is 14.6 Å². The predicted molar refractivity (Wildman–Crippen MR) is 96.1 cm³/mol. The number of benzene rings is 3. The Kier molecular flexibility index (Phi) is 3.71. The Balaban J connectivity index is 2.02. The summed E-state index contributed by atoms with van der Waals surface area (Å²) < 4.78 is 5.51. The molecule has 122 valence electrons. The quantitative estimate of drug-likeness (QED) is 0.739. The summed E-state index contributed by atoms with van der Waals surface area (Å²) in [6.45, 7) is 0. The maximum absolute atomic E-state index is 12.7. The molecule has 1 aliphatic heterocycles. The number of hydrogen-bond donors (Lipinski definition) is 1. The lowest BCUT2D eigenvalue weighted by molar-refractivity contribution is -0.178. The second-order valence-electron chi connectivity index (χ2n) is 5.88. The second-order valence-corrected chi connectivity index (χ2v) is 5.88. The minimum atomic E-state index is -1.81. The van der Waals surface area contributed by atoms with E-state index in [2.05, 4.69) is 0 Å². The highest BCUT2D eigenvalue weighted by atomic mass is 16.7. The van der Waals surface area contributed by atoms with Gasteiger partial charge in [-0.1, -0.05) is 91.0 Å². The fourth-order valence-electron chi connectivity index (χ4n) is 3.19. The third kappa shape index (κ3) is 2.55. The highest BCUT2D eigenvalue weighted by Crippen LogP contribution is 2.48. The minimum absolute atomic E-state index is 0.387. The van der Waals surface area contributed by atoms with Crippen LogP contribution in [0.4, 0.5) is 0 Å². The topological polar surface area (TPSA) is 46.5 Å². The maximum atomic E-state index is 12.7. The molecule has 1 N–H and O–H groups in total. The molecule has 0 bridgehead atoms. The zero-order valence-electron chi connectivity index (χ0n) is 13.4. The molecule has 3 heteroatoms. The first-order valence-corrected chi connectivity index (χ1v) is 8.07. The summed E-state index contributed by atoms with van der Waals surface area (Å²) in [5.41, 5.74) is 2.85. The zero-order valence-corrected chi connectivity index (χ0v) is 13.4. The summed E-state index contributed by atoms with van der Waals surface area (Å²) in [6, 6.07) is 27.7. The molecule has 0 fully saturated rings. The Bertz CT molecular complexity index is 931. The fraction of sp³-hybridized carbons (Fsp3) is 0.0455. The number of esters is 1. The number of ether oxygens (including phenoxy) is 1. The molecule has 1 atom stereocenters. The van der Waals surface area contributed by atoms with E-state index in [1.807, 2.05) is 78.9 Å². The van der Waals surface area contributed by atoms with Gasteiger partial charge >= 0.3 is 5.97 Å². The number of carbonyl (C=O) groups excluding carboxylic acids is 1. The standard InChI is InChI=1S/C22H16O3/c23-21-19(16-10-4-1-5-11-16)20(17-12-6-2-7-13-17)22(24,25-21)18-14-8-3-9-15-18/h1-15,24H/t22-/m1/s1. The normalized spacial score (nSPS) is 19.8. The van der Waals surface area contributed by atoms with Gasteiger partial charge in [-0.3, -0.25) is 0 Å². The van der Waals surface area contributed by atoms with Crippen LogP contribution >= 0.6 is 0 Å². The van der Waals surface area contributed by atoms with Gasteiger partial charge in [0.05, 0.1) is 11.1 Å². The summed E-state index contributed by atoms with van der Waals surface area (Å²) in [6.07, 6.45) is 0. The predicted octanol–water partition coefficient (Wildman–Crippen LogP) is 4.00. The molecule has 0 saturated carbocycles. The average Bonchev–Trinajstić information content (AvgIpc) is 2.95. The third-order valence-electron chi connectivity index (χ3n) is 4.32. The van der Waals surface area contributed by atoms with Crippen molar-refractivity contribution in [2.75, 3.05) is 0 Å². The maximum Gasteiger partial charge on any atom is 0.342 e. The second kappa shape index (κ2) is 6.04. The number of cyclic esters (lactones) is 1. The largest absolute Gasteiger partial charge is 0.421 e. The molecule has 25 heavy (non-hydrogen) atoms. The highest BCUT2D eigenvalue weighted by Gasteiger charge is 2.48. The molecule has 0 aromatic heterocycles. The van der Waals surface area contributed by atoms with E-state index in [0.29, 0.717) is 16.7 Å². The molecule has 4 rings (SSSR count). The Labute approximate surface area is 145 Å². The van der Waals surface area contributed by atoms with E-state index in [1.54, 1.807) is 12.1 Å². The summed E-state index contributed by atoms with van der Waals surface area (Å²) >= 11 is 0. The van der Waals surface area contributed by atoms with Crippen LogP contribution < -0.4 is 0 Å². The molecular weight excluding hydrogens is 312 g/mol. The summed E-state index contributed by atoms with van der Waals surface area (Å²) in [7, 11) is 0. The molecule has 1 heterocycles. The van der Waals surface area contributed by atoms with Gasteiger partial charge in [-0.2, -0.15) is 0 Å². The SMILES string of the molecule is O=C1O[C@](O)(c2ccccc2)C(c2ccccc2)=C1c1ccccc1. The van der Waals surface area contributed by atoms with E-state index in [1.165, 1.54) is 0 Å². The van der Waals surface area contributed by atoms with Crippen LogP contribution in [0, 0.1) is 0 Å². The number of rotatable bonds is 3. The number of carbonyl (C=O) groups is 1. The van der Waals surface area contributed by atoms with E-state index in [9.17, 15) is 9.90 Å². The fourth-order valence-corrected chi connectivity index (χ4v) is 3.19. The Morgan fingerprint density at radius 2 is 1.16 bits per heavy atom. The lowest BCUT2D eigenvalue weighted by atomic mass is 9.87. The van der Waals surface area contributed by atoms with Crippen molar-refractivity contribution in [3.63, 3.8) is 0 Å².